The Kier molecular flexibility index (Phi) is 7.89. The topological polar surface area (TPSA) is 49.9 Å². The molecule has 0 saturated carbocycles. The van der Waals surface area contributed by atoms with E-state index < -0.39 is 23.5 Å². The summed E-state index contributed by atoms with van der Waals surface area (Å²) in [5.41, 5.74) is 3.28. The first kappa shape index (κ1) is 26.4. The number of esters is 1. The molecule has 5 nitrogen and oxygen atoms in total. The summed E-state index contributed by atoms with van der Waals surface area (Å²) in [4.78, 5) is 31.6. The molecule has 1 heterocycles. The fourth-order valence-corrected chi connectivity index (χ4v) is 5.27. The first-order valence-electron chi connectivity index (χ1n) is 13.4. The van der Waals surface area contributed by atoms with Crippen molar-refractivity contribution in [2.75, 3.05) is 11.4 Å². The summed E-state index contributed by atoms with van der Waals surface area (Å²) in [5.74, 6) is -0.613. The molecule has 0 N–H and O–H groups in total. The van der Waals surface area contributed by atoms with E-state index in [1.807, 2.05) is 111 Å². The fourth-order valence-electron chi connectivity index (χ4n) is 5.27. The molecule has 4 aromatic carbocycles. The molecule has 1 amide bonds. The van der Waals surface area contributed by atoms with Crippen molar-refractivity contribution in [3.05, 3.63) is 138 Å². The van der Waals surface area contributed by atoms with Gasteiger partial charge < -0.3 is 9.64 Å². The average molecular weight is 519 g/mol. The fraction of sp³-hybridized carbons (Fsp3) is 0.235. The quantitative estimate of drug-likeness (QED) is 0.240. The van der Waals surface area contributed by atoms with Crippen molar-refractivity contribution < 1.29 is 14.3 Å². The van der Waals surface area contributed by atoms with E-state index in [1.54, 1.807) is 4.90 Å². The summed E-state index contributed by atoms with van der Waals surface area (Å²) >= 11 is 0. The molecule has 1 aliphatic rings. The molecule has 1 saturated heterocycles. The number of hydrogen-bond acceptors (Lipinski definition) is 4. The third-order valence-corrected chi connectivity index (χ3v) is 7.23. The molecule has 1 aliphatic heterocycles. The van der Waals surface area contributed by atoms with Crippen LogP contribution >= 0.6 is 0 Å². The number of nitrogens with zero attached hydrogens (tertiary/aromatic N) is 2. The van der Waals surface area contributed by atoms with Crippen molar-refractivity contribution in [2.45, 2.75) is 39.1 Å². The van der Waals surface area contributed by atoms with Crippen molar-refractivity contribution in [3.8, 4) is 0 Å². The minimum absolute atomic E-state index is 0.191. The number of amides is 1. The van der Waals surface area contributed by atoms with E-state index in [0.29, 0.717) is 19.6 Å². The first-order valence-corrected chi connectivity index (χ1v) is 13.4. The van der Waals surface area contributed by atoms with Gasteiger partial charge in [0.1, 0.15) is 6.04 Å². The molecule has 5 rings (SSSR count). The lowest BCUT2D eigenvalue weighted by molar-refractivity contribution is -0.164. The number of rotatable bonds is 9. The lowest BCUT2D eigenvalue weighted by Crippen LogP contribution is -2.41. The molecule has 1 fully saturated rings. The Morgan fingerprint density at radius 1 is 0.795 bits per heavy atom. The molecular weight excluding hydrogens is 484 g/mol. The summed E-state index contributed by atoms with van der Waals surface area (Å²) in [6, 6.07) is 38.8. The molecule has 4 aromatic rings. The van der Waals surface area contributed by atoms with Crippen molar-refractivity contribution in [3.63, 3.8) is 0 Å². The van der Waals surface area contributed by atoms with Crippen LogP contribution in [0.3, 0.4) is 0 Å². The van der Waals surface area contributed by atoms with Crippen LogP contribution in [0.4, 0.5) is 5.69 Å². The van der Waals surface area contributed by atoms with Gasteiger partial charge in [-0.15, -0.1) is 0 Å². The number of carbonyl (C=O) groups excluding carboxylic acids is 2. The summed E-state index contributed by atoms with van der Waals surface area (Å²) in [6.45, 7) is 5.52. The largest absolute Gasteiger partial charge is 0.450 e. The zero-order chi connectivity index (χ0) is 27.2. The van der Waals surface area contributed by atoms with E-state index in [4.69, 9.17) is 4.74 Å². The maximum absolute atomic E-state index is 14.2. The maximum atomic E-state index is 14.2. The number of para-hydroxylation sites is 1. The molecule has 0 aliphatic carbocycles. The van der Waals surface area contributed by atoms with Crippen LogP contribution in [-0.4, -0.2) is 29.4 Å². The molecule has 0 bridgehead atoms. The highest BCUT2D eigenvalue weighted by atomic mass is 16.6. The Morgan fingerprint density at radius 2 is 1.26 bits per heavy atom. The highest BCUT2D eigenvalue weighted by Gasteiger charge is 2.50. The minimum Gasteiger partial charge on any atom is -0.450 e. The van der Waals surface area contributed by atoms with Crippen LogP contribution in [-0.2, 0) is 27.4 Å². The zero-order valence-electron chi connectivity index (χ0n) is 22.4. The van der Waals surface area contributed by atoms with Gasteiger partial charge in [-0.05, 0) is 28.8 Å². The summed E-state index contributed by atoms with van der Waals surface area (Å²) in [7, 11) is 0. The van der Waals surface area contributed by atoms with Gasteiger partial charge in [0.2, 0.25) is 0 Å². The molecule has 0 spiro atoms. The predicted octanol–water partition coefficient (Wildman–Crippen LogP) is 6.41. The Balaban J connectivity index is 1.48. The van der Waals surface area contributed by atoms with Crippen LogP contribution in [0.1, 0.15) is 36.6 Å². The normalized spacial score (nSPS) is 17.3. The van der Waals surface area contributed by atoms with Crippen LogP contribution in [0, 0.1) is 5.41 Å². The van der Waals surface area contributed by atoms with Crippen LogP contribution in [0.25, 0.3) is 0 Å². The van der Waals surface area contributed by atoms with Gasteiger partial charge in [0.15, 0.2) is 6.10 Å². The lowest BCUT2D eigenvalue weighted by atomic mass is 9.89. The molecule has 39 heavy (non-hydrogen) atoms. The highest BCUT2D eigenvalue weighted by Crippen LogP contribution is 2.37. The summed E-state index contributed by atoms with van der Waals surface area (Å²) in [6.07, 6.45) is -0.883. The van der Waals surface area contributed by atoms with Gasteiger partial charge in [0.05, 0.1) is 0 Å². The second-order valence-corrected chi connectivity index (χ2v) is 10.8. The number of benzene rings is 4. The predicted molar refractivity (Wildman–Crippen MR) is 154 cm³/mol. The van der Waals surface area contributed by atoms with Crippen molar-refractivity contribution in [1.82, 2.24) is 4.90 Å². The van der Waals surface area contributed by atoms with Crippen molar-refractivity contribution >= 4 is 17.6 Å². The van der Waals surface area contributed by atoms with Gasteiger partial charge in [-0.2, -0.15) is 0 Å². The molecule has 5 heteroatoms. The molecule has 198 valence electrons. The van der Waals surface area contributed by atoms with Gasteiger partial charge in [-0.25, -0.2) is 4.79 Å². The molecular formula is C34H34N2O3. The molecule has 0 radical (unpaired) electrons. The number of ether oxygens (including phenoxy) is 1. The van der Waals surface area contributed by atoms with Crippen LogP contribution < -0.4 is 4.90 Å². The van der Waals surface area contributed by atoms with E-state index >= 15 is 0 Å². The third kappa shape index (κ3) is 6.10. The lowest BCUT2D eigenvalue weighted by Gasteiger charge is -2.33. The Morgan fingerprint density at radius 3 is 1.77 bits per heavy atom. The van der Waals surface area contributed by atoms with Crippen LogP contribution in [0.2, 0.25) is 0 Å². The molecule has 0 unspecified atom stereocenters. The average Bonchev–Trinajstić information content (AvgIpc) is 3.19. The van der Waals surface area contributed by atoms with Gasteiger partial charge in [0.25, 0.3) is 5.91 Å². The van der Waals surface area contributed by atoms with E-state index in [-0.39, 0.29) is 5.91 Å². The Hall–Kier alpha value is -4.22. The van der Waals surface area contributed by atoms with Gasteiger partial charge in [-0.1, -0.05) is 123 Å². The van der Waals surface area contributed by atoms with Crippen molar-refractivity contribution in [1.29, 1.82) is 0 Å². The van der Waals surface area contributed by atoms with Crippen LogP contribution in [0.15, 0.2) is 121 Å². The van der Waals surface area contributed by atoms with Gasteiger partial charge in [-0.3, -0.25) is 9.69 Å². The van der Waals surface area contributed by atoms with E-state index in [2.05, 4.69) is 29.2 Å². The van der Waals surface area contributed by atoms with Crippen LogP contribution in [0.5, 0.6) is 0 Å². The summed E-state index contributed by atoms with van der Waals surface area (Å²) < 4.78 is 6.19. The third-order valence-electron chi connectivity index (χ3n) is 7.23. The molecule has 2 atom stereocenters. The second kappa shape index (κ2) is 11.7. The first-order chi connectivity index (χ1) is 18.9. The van der Waals surface area contributed by atoms with Gasteiger partial charge >= 0.3 is 5.97 Å². The highest BCUT2D eigenvalue weighted by molar-refractivity contribution is 6.01. The van der Waals surface area contributed by atoms with E-state index in [9.17, 15) is 9.59 Å². The van der Waals surface area contributed by atoms with Gasteiger partial charge in [0, 0.05) is 30.7 Å². The zero-order valence-corrected chi connectivity index (χ0v) is 22.4. The monoisotopic (exact) mass is 518 g/mol. The number of hydrogen-bond donors (Lipinski definition) is 0. The van der Waals surface area contributed by atoms with E-state index in [1.165, 1.54) is 0 Å². The number of carbonyl (C=O) groups is 2. The second-order valence-electron chi connectivity index (χ2n) is 10.8. The summed E-state index contributed by atoms with van der Waals surface area (Å²) in [5, 5.41) is 0. The maximum Gasteiger partial charge on any atom is 0.328 e. The Bertz CT molecular complexity index is 1330. The van der Waals surface area contributed by atoms with E-state index in [0.717, 1.165) is 22.4 Å². The SMILES string of the molecule is CC1(C)CN(c2ccccc2)C(=O)[C@@H]1OC(=O)[C@H](c1ccccc1)N(Cc1ccccc1)Cc1ccccc1. The number of anilines is 1. The smallest absolute Gasteiger partial charge is 0.328 e. The Labute approximate surface area is 230 Å². The minimum atomic E-state index is -0.883. The van der Waals surface area contributed by atoms with Crippen molar-refractivity contribution in [2.24, 2.45) is 5.41 Å². The molecule has 0 aromatic heterocycles. The standard InChI is InChI=1S/C34H34N2O3/c1-34(2)25-36(29-21-13-6-14-22-29)32(37)31(34)39-33(38)30(28-19-11-5-12-20-28)35(23-26-15-7-3-8-16-26)24-27-17-9-4-10-18-27/h3-22,30-31H,23-25H2,1-2H3/t30-,31-/m0/s1.